The molecule has 1 amide bonds. The maximum atomic E-state index is 13.0. The summed E-state index contributed by atoms with van der Waals surface area (Å²) in [6, 6.07) is 9.38. The Morgan fingerprint density at radius 3 is 2.44 bits per heavy atom. The maximum Gasteiger partial charge on any atom is 0.300 e. The predicted octanol–water partition coefficient (Wildman–Crippen LogP) is 1.81. The van der Waals surface area contributed by atoms with Crippen LogP contribution in [-0.4, -0.2) is 38.0 Å². The number of hydrogen-bond donors (Lipinski definition) is 0. The van der Waals surface area contributed by atoms with Crippen molar-refractivity contribution in [2.24, 2.45) is 0 Å². The van der Waals surface area contributed by atoms with Crippen LogP contribution in [0.25, 0.3) is 0 Å². The molecule has 0 bridgehead atoms. The standard InChI is InChI=1S/C19H15FN2O4S/c1-3-10-22-17-9-8-15(11-16(17)18(23)19(22)24)27(25,26)21(2)12-13-4-6-14(20)7-5-13/h1,4-9,11H,10,12H2,2H3. The van der Waals surface area contributed by atoms with Gasteiger partial charge in [0.2, 0.25) is 10.0 Å². The first-order chi connectivity index (χ1) is 12.8. The average Bonchev–Trinajstić information content (AvgIpc) is 2.88. The lowest BCUT2D eigenvalue weighted by molar-refractivity contribution is -0.114. The molecule has 1 heterocycles. The molecule has 0 unspecified atom stereocenters. The van der Waals surface area contributed by atoms with Gasteiger partial charge in [0.1, 0.15) is 5.82 Å². The molecule has 0 atom stereocenters. The molecule has 0 aliphatic carbocycles. The highest BCUT2D eigenvalue weighted by molar-refractivity contribution is 7.89. The third-order valence-electron chi connectivity index (χ3n) is 4.22. The van der Waals surface area contributed by atoms with E-state index in [1.165, 1.54) is 49.5 Å². The Bertz CT molecular complexity index is 1070. The summed E-state index contributed by atoms with van der Waals surface area (Å²) in [5.41, 5.74) is 0.907. The van der Waals surface area contributed by atoms with Crippen molar-refractivity contribution in [1.82, 2.24) is 4.31 Å². The third kappa shape index (κ3) is 3.35. The van der Waals surface area contributed by atoms with E-state index >= 15 is 0 Å². The highest BCUT2D eigenvalue weighted by Gasteiger charge is 2.36. The Hall–Kier alpha value is -3.02. The van der Waals surface area contributed by atoms with Crippen molar-refractivity contribution in [2.45, 2.75) is 11.4 Å². The number of terminal acetylenes is 1. The summed E-state index contributed by atoms with van der Waals surface area (Å²) in [6.45, 7) is -0.0517. The molecule has 6 nitrogen and oxygen atoms in total. The van der Waals surface area contributed by atoms with Crippen LogP contribution in [0.1, 0.15) is 15.9 Å². The number of hydrogen-bond acceptors (Lipinski definition) is 4. The highest BCUT2D eigenvalue weighted by Crippen LogP contribution is 2.31. The quantitative estimate of drug-likeness (QED) is 0.580. The molecule has 0 spiro atoms. The Kier molecular flexibility index (Phi) is 4.83. The first kappa shape index (κ1) is 18.8. The number of sulfonamides is 1. The van der Waals surface area contributed by atoms with Gasteiger partial charge in [0.05, 0.1) is 22.7 Å². The van der Waals surface area contributed by atoms with E-state index in [-0.39, 0.29) is 23.5 Å². The van der Waals surface area contributed by atoms with E-state index in [0.29, 0.717) is 11.3 Å². The molecule has 0 saturated heterocycles. The van der Waals surface area contributed by atoms with Crippen LogP contribution in [0.4, 0.5) is 10.1 Å². The number of nitrogens with zero attached hydrogens (tertiary/aromatic N) is 2. The first-order valence-corrected chi connectivity index (χ1v) is 9.34. The van der Waals surface area contributed by atoms with Crippen molar-refractivity contribution in [2.75, 3.05) is 18.5 Å². The number of halogens is 1. The minimum atomic E-state index is -3.92. The third-order valence-corrected chi connectivity index (χ3v) is 6.02. The minimum Gasteiger partial charge on any atom is -0.293 e. The van der Waals surface area contributed by atoms with Crippen molar-refractivity contribution in [3.8, 4) is 12.3 Å². The largest absolute Gasteiger partial charge is 0.300 e. The van der Waals surface area contributed by atoms with E-state index in [0.717, 1.165) is 9.21 Å². The fourth-order valence-corrected chi connectivity index (χ4v) is 3.99. The fraction of sp³-hybridized carbons (Fsp3) is 0.158. The van der Waals surface area contributed by atoms with Gasteiger partial charge in [-0.25, -0.2) is 12.8 Å². The average molecular weight is 386 g/mol. The van der Waals surface area contributed by atoms with Gasteiger partial charge in [0, 0.05) is 13.6 Å². The number of rotatable bonds is 5. The van der Waals surface area contributed by atoms with Gasteiger partial charge < -0.3 is 0 Å². The van der Waals surface area contributed by atoms with Gasteiger partial charge in [-0.2, -0.15) is 4.31 Å². The van der Waals surface area contributed by atoms with Gasteiger partial charge in [0.15, 0.2) is 0 Å². The Balaban J connectivity index is 1.92. The zero-order valence-corrected chi connectivity index (χ0v) is 15.2. The second-order valence-electron chi connectivity index (χ2n) is 5.99. The van der Waals surface area contributed by atoms with Crippen molar-refractivity contribution in [3.05, 3.63) is 59.4 Å². The molecule has 2 aromatic carbocycles. The number of ketones is 1. The molecule has 27 heavy (non-hydrogen) atoms. The number of fused-ring (bicyclic) bond motifs is 1. The molecule has 1 aliphatic heterocycles. The molecule has 0 aromatic heterocycles. The summed E-state index contributed by atoms with van der Waals surface area (Å²) < 4.78 is 39.7. The summed E-state index contributed by atoms with van der Waals surface area (Å²) >= 11 is 0. The molecular formula is C19H15FN2O4S. The maximum absolute atomic E-state index is 13.0. The molecule has 0 saturated carbocycles. The first-order valence-electron chi connectivity index (χ1n) is 7.90. The smallest absolute Gasteiger partial charge is 0.293 e. The Morgan fingerprint density at radius 1 is 1.15 bits per heavy atom. The van der Waals surface area contributed by atoms with Crippen LogP contribution in [0.5, 0.6) is 0 Å². The zero-order chi connectivity index (χ0) is 19.8. The molecule has 2 aromatic rings. The van der Waals surface area contributed by atoms with Crippen LogP contribution in [-0.2, 0) is 21.4 Å². The van der Waals surface area contributed by atoms with Crippen molar-refractivity contribution in [1.29, 1.82) is 0 Å². The second kappa shape index (κ2) is 6.95. The van der Waals surface area contributed by atoms with E-state index < -0.39 is 27.5 Å². The highest BCUT2D eigenvalue weighted by atomic mass is 32.2. The summed E-state index contributed by atoms with van der Waals surface area (Å²) in [5.74, 6) is 0.308. The summed E-state index contributed by atoms with van der Waals surface area (Å²) in [5, 5.41) is 0. The lowest BCUT2D eigenvalue weighted by Crippen LogP contribution is -2.29. The number of carbonyl (C=O) groups is 2. The van der Waals surface area contributed by atoms with Gasteiger partial charge in [-0.3, -0.25) is 14.5 Å². The van der Waals surface area contributed by atoms with Crippen LogP contribution >= 0.6 is 0 Å². The van der Waals surface area contributed by atoms with Gasteiger partial charge in [-0.1, -0.05) is 18.1 Å². The minimum absolute atomic E-state index is 0.00603. The number of Topliss-reactive ketones (excluding diaryl/α,β-unsaturated/α-hetero) is 1. The van der Waals surface area contributed by atoms with Crippen molar-refractivity contribution in [3.63, 3.8) is 0 Å². The molecule has 8 heteroatoms. The van der Waals surface area contributed by atoms with E-state index in [4.69, 9.17) is 6.42 Å². The summed E-state index contributed by atoms with van der Waals surface area (Å²) in [4.78, 5) is 25.2. The SMILES string of the molecule is C#CCN1C(=O)C(=O)c2cc(S(=O)(=O)N(C)Cc3ccc(F)cc3)ccc21. The molecular weight excluding hydrogens is 371 g/mol. The van der Waals surface area contributed by atoms with Gasteiger partial charge in [-0.05, 0) is 35.9 Å². The molecule has 0 radical (unpaired) electrons. The number of anilines is 1. The zero-order valence-electron chi connectivity index (χ0n) is 14.3. The van der Waals surface area contributed by atoms with E-state index in [1.807, 2.05) is 0 Å². The molecule has 0 N–H and O–H groups in total. The van der Waals surface area contributed by atoms with Gasteiger partial charge in [-0.15, -0.1) is 6.42 Å². The normalized spacial score (nSPS) is 13.8. The summed E-state index contributed by atoms with van der Waals surface area (Å²) in [7, 11) is -2.54. The lowest BCUT2D eigenvalue weighted by Gasteiger charge is -2.18. The van der Waals surface area contributed by atoms with E-state index in [1.54, 1.807) is 0 Å². The van der Waals surface area contributed by atoms with Crippen LogP contribution in [0.3, 0.4) is 0 Å². The lowest BCUT2D eigenvalue weighted by atomic mass is 10.1. The van der Waals surface area contributed by atoms with Crippen LogP contribution < -0.4 is 4.90 Å². The van der Waals surface area contributed by atoms with Crippen LogP contribution in [0.2, 0.25) is 0 Å². The fourth-order valence-electron chi connectivity index (χ4n) is 2.80. The number of amides is 1. The van der Waals surface area contributed by atoms with Crippen LogP contribution in [0.15, 0.2) is 47.4 Å². The molecule has 3 rings (SSSR count). The topological polar surface area (TPSA) is 74.8 Å². The number of carbonyl (C=O) groups excluding carboxylic acids is 2. The predicted molar refractivity (Wildman–Crippen MR) is 97.0 cm³/mol. The van der Waals surface area contributed by atoms with Crippen molar-refractivity contribution >= 4 is 27.4 Å². The summed E-state index contributed by atoms with van der Waals surface area (Å²) in [6.07, 6.45) is 5.21. The Labute approximate surface area is 156 Å². The molecule has 0 fully saturated rings. The van der Waals surface area contributed by atoms with Crippen molar-refractivity contribution < 1.29 is 22.4 Å². The monoisotopic (exact) mass is 386 g/mol. The molecule has 138 valence electrons. The van der Waals surface area contributed by atoms with Crippen LogP contribution in [0, 0.1) is 18.2 Å². The van der Waals surface area contributed by atoms with E-state index in [9.17, 15) is 22.4 Å². The van der Waals surface area contributed by atoms with Gasteiger partial charge in [0.25, 0.3) is 11.7 Å². The Morgan fingerprint density at radius 2 is 1.81 bits per heavy atom. The van der Waals surface area contributed by atoms with Gasteiger partial charge >= 0.3 is 0 Å². The van der Waals surface area contributed by atoms with E-state index in [2.05, 4.69) is 5.92 Å². The number of benzene rings is 2. The molecule has 1 aliphatic rings. The second-order valence-corrected chi connectivity index (χ2v) is 8.04.